The lowest BCUT2D eigenvalue weighted by molar-refractivity contribution is -0.231. The van der Waals surface area contributed by atoms with Crippen LogP contribution in [-0.2, 0) is 11.2 Å². The first-order chi connectivity index (χ1) is 13.5. The number of fused-ring (bicyclic) bond motifs is 1. The predicted molar refractivity (Wildman–Crippen MR) is 104 cm³/mol. The first-order valence-corrected chi connectivity index (χ1v) is 9.86. The number of ether oxygens (including phenoxy) is 1. The van der Waals surface area contributed by atoms with Crippen LogP contribution in [0.25, 0.3) is 10.1 Å². The van der Waals surface area contributed by atoms with Crippen LogP contribution in [0.4, 0.5) is 4.39 Å². The van der Waals surface area contributed by atoms with Crippen molar-refractivity contribution in [3.8, 4) is 0 Å². The molecule has 28 heavy (non-hydrogen) atoms. The van der Waals surface area contributed by atoms with Crippen LogP contribution in [0.15, 0.2) is 48.5 Å². The van der Waals surface area contributed by atoms with Crippen LogP contribution < -0.4 is 0 Å². The molecule has 5 nitrogen and oxygen atoms in total. The van der Waals surface area contributed by atoms with Crippen LogP contribution in [0.2, 0.25) is 0 Å². The van der Waals surface area contributed by atoms with E-state index in [4.69, 9.17) is 4.74 Å². The van der Waals surface area contributed by atoms with Gasteiger partial charge in [-0.2, -0.15) is 0 Å². The van der Waals surface area contributed by atoms with Crippen molar-refractivity contribution in [2.75, 3.05) is 6.61 Å². The molecule has 7 heteroatoms. The highest BCUT2D eigenvalue weighted by molar-refractivity contribution is 7.19. The first-order valence-electron chi connectivity index (χ1n) is 9.04. The van der Waals surface area contributed by atoms with Crippen LogP contribution in [0.1, 0.15) is 22.1 Å². The minimum Gasteiger partial charge on any atom is -0.394 e. The Morgan fingerprint density at radius 2 is 1.75 bits per heavy atom. The molecule has 1 aliphatic rings. The van der Waals surface area contributed by atoms with Crippen molar-refractivity contribution in [3.63, 3.8) is 0 Å². The Kier molecular flexibility index (Phi) is 5.46. The van der Waals surface area contributed by atoms with Crippen molar-refractivity contribution in [1.29, 1.82) is 0 Å². The molecule has 1 aromatic heterocycles. The van der Waals surface area contributed by atoms with Gasteiger partial charge in [0.1, 0.15) is 36.3 Å². The smallest absolute Gasteiger partial charge is 0.126 e. The number of aliphatic hydroxyl groups is 4. The summed E-state index contributed by atoms with van der Waals surface area (Å²) in [7, 11) is 0. The molecule has 148 valence electrons. The molecule has 1 saturated heterocycles. The predicted octanol–water partition coefficient (Wildman–Crippen LogP) is 2.15. The highest BCUT2D eigenvalue weighted by Gasteiger charge is 2.44. The van der Waals surface area contributed by atoms with Gasteiger partial charge in [0.25, 0.3) is 0 Å². The average Bonchev–Trinajstić information content (AvgIpc) is 3.11. The summed E-state index contributed by atoms with van der Waals surface area (Å²) in [6, 6.07) is 14.4. The molecule has 5 atom stereocenters. The Labute approximate surface area is 165 Å². The molecule has 1 unspecified atom stereocenters. The standard InChI is InChI=1S/C21H21FO5S/c22-15-6-5-12(21-20(26)19(25)18(24)16(10-23)27-21)7-13(15)9-14-8-11-3-1-2-4-17(11)28-14/h1-8,16,18-21,23-26H,9-10H2/t16-,18+,19+,20?,21+/m1/s1. The van der Waals surface area contributed by atoms with E-state index in [0.29, 0.717) is 17.5 Å². The van der Waals surface area contributed by atoms with Crippen molar-refractivity contribution in [1.82, 2.24) is 0 Å². The Morgan fingerprint density at radius 1 is 0.964 bits per heavy atom. The summed E-state index contributed by atoms with van der Waals surface area (Å²) in [6.45, 7) is -0.503. The maximum atomic E-state index is 14.4. The van der Waals surface area contributed by atoms with Gasteiger partial charge in [-0.15, -0.1) is 11.3 Å². The normalized spacial score (nSPS) is 28.0. The molecular weight excluding hydrogens is 383 g/mol. The quantitative estimate of drug-likeness (QED) is 0.535. The van der Waals surface area contributed by atoms with E-state index in [9.17, 15) is 24.8 Å². The second kappa shape index (κ2) is 7.87. The number of hydrogen-bond donors (Lipinski definition) is 4. The van der Waals surface area contributed by atoms with E-state index in [-0.39, 0.29) is 5.82 Å². The van der Waals surface area contributed by atoms with Crippen molar-refractivity contribution in [2.45, 2.75) is 36.9 Å². The third-order valence-corrected chi connectivity index (χ3v) is 6.25. The van der Waals surface area contributed by atoms with Crippen molar-refractivity contribution < 1.29 is 29.6 Å². The molecule has 2 aromatic carbocycles. The Bertz CT molecular complexity index is 939. The van der Waals surface area contributed by atoms with Gasteiger partial charge in [-0.05, 0) is 40.8 Å². The van der Waals surface area contributed by atoms with E-state index in [2.05, 4.69) is 0 Å². The summed E-state index contributed by atoms with van der Waals surface area (Å²) in [5.74, 6) is -0.370. The van der Waals surface area contributed by atoms with Gasteiger partial charge in [0.05, 0.1) is 6.61 Å². The molecule has 0 amide bonds. The SMILES string of the molecule is OC[C@H]1O[C@@H](c2ccc(F)c(Cc3cc4ccccc4s3)c2)C(O)[C@@H](O)[C@H]1O. The lowest BCUT2D eigenvalue weighted by atomic mass is 9.90. The number of thiophene rings is 1. The lowest BCUT2D eigenvalue weighted by Gasteiger charge is -2.40. The van der Waals surface area contributed by atoms with Gasteiger partial charge < -0.3 is 25.2 Å². The maximum absolute atomic E-state index is 14.4. The van der Waals surface area contributed by atoms with Crippen LogP contribution in [0.5, 0.6) is 0 Å². The van der Waals surface area contributed by atoms with Crippen molar-refractivity contribution >= 4 is 21.4 Å². The molecule has 2 heterocycles. The monoisotopic (exact) mass is 404 g/mol. The van der Waals surface area contributed by atoms with E-state index >= 15 is 0 Å². The van der Waals surface area contributed by atoms with Gasteiger partial charge >= 0.3 is 0 Å². The van der Waals surface area contributed by atoms with Gasteiger partial charge in [0.2, 0.25) is 0 Å². The summed E-state index contributed by atoms with van der Waals surface area (Å²) in [6.07, 6.45) is -5.87. The van der Waals surface area contributed by atoms with E-state index in [1.54, 1.807) is 17.4 Å². The molecule has 4 N–H and O–H groups in total. The largest absolute Gasteiger partial charge is 0.394 e. The molecule has 0 radical (unpaired) electrons. The Morgan fingerprint density at radius 3 is 2.50 bits per heavy atom. The number of halogens is 1. The highest BCUT2D eigenvalue weighted by Crippen LogP contribution is 2.34. The van der Waals surface area contributed by atoms with Crippen molar-refractivity contribution in [2.24, 2.45) is 0 Å². The fourth-order valence-corrected chi connectivity index (χ4v) is 4.68. The maximum Gasteiger partial charge on any atom is 0.126 e. The number of rotatable bonds is 4. The van der Waals surface area contributed by atoms with E-state index in [0.717, 1.165) is 15.0 Å². The fraction of sp³-hybridized carbons (Fsp3) is 0.333. The molecule has 0 aliphatic carbocycles. The molecule has 1 fully saturated rings. The zero-order valence-electron chi connectivity index (χ0n) is 14.9. The summed E-state index contributed by atoms with van der Waals surface area (Å²) in [5.41, 5.74) is 0.926. The molecule has 1 aliphatic heterocycles. The number of aliphatic hydroxyl groups excluding tert-OH is 4. The van der Waals surface area contributed by atoms with Crippen LogP contribution in [0, 0.1) is 5.82 Å². The zero-order valence-corrected chi connectivity index (χ0v) is 15.7. The topological polar surface area (TPSA) is 90.2 Å². The summed E-state index contributed by atoms with van der Waals surface area (Å²) >= 11 is 1.59. The Hall–Kier alpha value is -1.87. The third kappa shape index (κ3) is 3.57. The second-order valence-electron chi connectivity index (χ2n) is 7.03. The molecule has 4 rings (SSSR count). The highest BCUT2D eigenvalue weighted by atomic mass is 32.1. The second-order valence-corrected chi connectivity index (χ2v) is 8.20. The zero-order chi connectivity index (χ0) is 19.8. The van der Waals surface area contributed by atoms with Crippen LogP contribution >= 0.6 is 11.3 Å². The van der Waals surface area contributed by atoms with Gasteiger partial charge in [-0.1, -0.05) is 24.3 Å². The first kappa shape index (κ1) is 19.4. The third-order valence-electron chi connectivity index (χ3n) is 5.13. The fourth-order valence-electron chi connectivity index (χ4n) is 3.60. The molecular formula is C21H21FO5S. The molecule has 0 bridgehead atoms. The number of hydrogen-bond acceptors (Lipinski definition) is 6. The van der Waals surface area contributed by atoms with E-state index < -0.39 is 37.1 Å². The van der Waals surface area contributed by atoms with Crippen LogP contribution in [0.3, 0.4) is 0 Å². The van der Waals surface area contributed by atoms with E-state index in [1.807, 2.05) is 30.3 Å². The molecule has 3 aromatic rings. The summed E-state index contributed by atoms with van der Waals surface area (Å²) in [5, 5.41) is 40.7. The van der Waals surface area contributed by atoms with Gasteiger partial charge in [0.15, 0.2) is 0 Å². The minimum atomic E-state index is -1.47. The van der Waals surface area contributed by atoms with E-state index in [1.165, 1.54) is 12.1 Å². The van der Waals surface area contributed by atoms with Gasteiger partial charge in [-0.25, -0.2) is 4.39 Å². The average molecular weight is 404 g/mol. The lowest BCUT2D eigenvalue weighted by Crippen LogP contribution is -2.55. The summed E-state index contributed by atoms with van der Waals surface area (Å²) in [4.78, 5) is 1.01. The van der Waals surface area contributed by atoms with Gasteiger partial charge in [0, 0.05) is 16.0 Å². The number of benzene rings is 2. The molecule has 0 saturated carbocycles. The van der Waals surface area contributed by atoms with Crippen molar-refractivity contribution in [3.05, 3.63) is 70.4 Å². The summed E-state index contributed by atoms with van der Waals surface area (Å²) < 4.78 is 21.1. The van der Waals surface area contributed by atoms with Gasteiger partial charge in [-0.3, -0.25) is 0 Å². The van der Waals surface area contributed by atoms with Crippen LogP contribution in [-0.4, -0.2) is 51.4 Å². The Balaban J connectivity index is 1.63. The minimum absolute atomic E-state index is 0.370. The molecule has 0 spiro atoms.